The van der Waals surface area contributed by atoms with E-state index >= 15 is 0 Å². The standard InChI is InChI=1S/C21H23F6N7O2/c22-20(23,24)13-11-28-19(29-12-13)33-8-6-32(7-9-33)17(35)4-3-14-2-1-5-34(14)16-10-15(21(25,26)27)18(36)31-30-16/h10-12,14H,1-9H2,(H,31,36)/t14-/m1/s1. The summed E-state index contributed by atoms with van der Waals surface area (Å²) in [4.78, 5) is 36.8. The molecule has 1 atom stereocenters. The molecule has 0 spiro atoms. The van der Waals surface area contributed by atoms with Gasteiger partial charge in [0.2, 0.25) is 11.9 Å². The summed E-state index contributed by atoms with van der Waals surface area (Å²) in [6, 6.07) is 0.539. The highest BCUT2D eigenvalue weighted by molar-refractivity contribution is 5.76. The van der Waals surface area contributed by atoms with E-state index in [-0.39, 0.29) is 30.1 Å². The zero-order valence-corrected chi connectivity index (χ0v) is 18.9. The number of H-pyrrole nitrogens is 1. The lowest BCUT2D eigenvalue weighted by molar-refractivity contribution is -0.139. The van der Waals surface area contributed by atoms with Crippen LogP contribution in [0, 0.1) is 0 Å². The Morgan fingerprint density at radius 2 is 1.67 bits per heavy atom. The van der Waals surface area contributed by atoms with E-state index in [1.54, 1.807) is 14.7 Å². The quantitative estimate of drug-likeness (QED) is 0.607. The number of hydrogen-bond acceptors (Lipinski definition) is 7. The summed E-state index contributed by atoms with van der Waals surface area (Å²) in [6.45, 7) is 1.85. The first-order valence-electron chi connectivity index (χ1n) is 11.3. The van der Waals surface area contributed by atoms with Gasteiger partial charge in [0.1, 0.15) is 11.4 Å². The molecule has 1 N–H and O–H groups in total. The van der Waals surface area contributed by atoms with Gasteiger partial charge in [-0.2, -0.15) is 31.4 Å². The molecule has 2 fully saturated rings. The first kappa shape index (κ1) is 25.7. The van der Waals surface area contributed by atoms with E-state index in [1.807, 2.05) is 5.10 Å². The lowest BCUT2D eigenvalue weighted by Crippen LogP contribution is -2.49. The minimum atomic E-state index is -4.80. The first-order chi connectivity index (χ1) is 16.9. The van der Waals surface area contributed by atoms with Crippen LogP contribution in [0.15, 0.2) is 23.3 Å². The Kier molecular flexibility index (Phi) is 7.09. The fourth-order valence-electron chi connectivity index (χ4n) is 4.43. The summed E-state index contributed by atoms with van der Waals surface area (Å²) < 4.78 is 77.4. The number of piperazine rings is 1. The molecule has 4 rings (SSSR count). The van der Waals surface area contributed by atoms with Gasteiger partial charge in [0.05, 0.1) is 5.56 Å². The van der Waals surface area contributed by atoms with Crippen molar-refractivity contribution in [2.45, 2.75) is 44.1 Å². The van der Waals surface area contributed by atoms with Crippen molar-refractivity contribution in [3.63, 3.8) is 0 Å². The summed E-state index contributed by atoms with van der Waals surface area (Å²) in [5, 5.41) is 5.68. The second kappa shape index (κ2) is 9.93. The molecule has 9 nitrogen and oxygen atoms in total. The van der Waals surface area contributed by atoms with Gasteiger partial charge in [0.15, 0.2) is 0 Å². The van der Waals surface area contributed by atoms with Crippen LogP contribution in [-0.4, -0.2) is 69.7 Å². The molecule has 0 aliphatic carbocycles. The molecule has 0 saturated carbocycles. The Hall–Kier alpha value is -3.39. The molecular weight excluding hydrogens is 496 g/mol. The van der Waals surface area contributed by atoms with Crippen molar-refractivity contribution in [3.05, 3.63) is 39.9 Å². The van der Waals surface area contributed by atoms with Gasteiger partial charge in [-0.15, -0.1) is 0 Å². The van der Waals surface area contributed by atoms with E-state index in [9.17, 15) is 35.9 Å². The van der Waals surface area contributed by atoms with E-state index in [0.29, 0.717) is 52.0 Å². The number of aromatic nitrogens is 4. The smallest absolute Gasteiger partial charge is 0.352 e. The Balaban J connectivity index is 1.30. The fourth-order valence-corrected chi connectivity index (χ4v) is 4.43. The van der Waals surface area contributed by atoms with E-state index < -0.39 is 29.0 Å². The average Bonchev–Trinajstić information content (AvgIpc) is 3.30. The van der Waals surface area contributed by atoms with Crippen LogP contribution in [0.4, 0.5) is 38.1 Å². The normalized spacial score (nSPS) is 19.2. The summed E-state index contributed by atoms with van der Waals surface area (Å²) in [5.74, 6) is 0.0469. The fraction of sp³-hybridized carbons (Fsp3) is 0.571. The molecular formula is C21H23F6N7O2. The van der Waals surface area contributed by atoms with Gasteiger partial charge in [-0.05, 0) is 19.3 Å². The van der Waals surface area contributed by atoms with Gasteiger partial charge in [0, 0.05) is 63.6 Å². The number of carbonyl (C=O) groups is 1. The number of halogens is 6. The number of amides is 1. The van der Waals surface area contributed by atoms with Crippen LogP contribution in [0.25, 0.3) is 0 Å². The van der Waals surface area contributed by atoms with Crippen LogP contribution in [0.1, 0.15) is 36.8 Å². The number of alkyl halides is 6. The monoisotopic (exact) mass is 519 g/mol. The van der Waals surface area contributed by atoms with Crippen molar-refractivity contribution >= 4 is 17.7 Å². The summed E-state index contributed by atoms with van der Waals surface area (Å²) in [7, 11) is 0. The molecule has 1 amide bonds. The molecule has 0 bridgehead atoms. The Morgan fingerprint density at radius 1 is 1.00 bits per heavy atom. The van der Waals surface area contributed by atoms with Crippen LogP contribution in [0.5, 0.6) is 0 Å². The largest absolute Gasteiger partial charge is 0.421 e. The highest BCUT2D eigenvalue weighted by atomic mass is 19.4. The number of rotatable bonds is 5. The van der Waals surface area contributed by atoms with Crippen molar-refractivity contribution in [3.8, 4) is 0 Å². The maximum atomic E-state index is 13.1. The predicted octanol–water partition coefficient (Wildman–Crippen LogP) is 2.70. The third kappa shape index (κ3) is 5.70. The van der Waals surface area contributed by atoms with E-state index in [0.717, 1.165) is 18.5 Å². The highest BCUT2D eigenvalue weighted by Crippen LogP contribution is 2.32. The Bertz CT molecular complexity index is 1130. The van der Waals surface area contributed by atoms with Crippen LogP contribution >= 0.6 is 0 Å². The third-order valence-electron chi connectivity index (χ3n) is 6.34. The number of nitrogens with one attached hydrogen (secondary N) is 1. The van der Waals surface area contributed by atoms with Crippen molar-refractivity contribution in [1.82, 2.24) is 25.1 Å². The number of aromatic amines is 1. The van der Waals surface area contributed by atoms with Crippen molar-refractivity contribution in [2.75, 3.05) is 42.5 Å². The second-order valence-electron chi connectivity index (χ2n) is 8.63. The molecule has 0 unspecified atom stereocenters. The van der Waals surface area contributed by atoms with Crippen LogP contribution in [-0.2, 0) is 17.1 Å². The SMILES string of the molecule is O=C(CC[C@H]1CCCN1c1cc(C(F)(F)F)c(=O)[nH]n1)N1CCN(c2ncc(C(F)(F)F)cn2)CC1. The van der Waals surface area contributed by atoms with Gasteiger partial charge >= 0.3 is 12.4 Å². The van der Waals surface area contributed by atoms with Crippen LogP contribution < -0.4 is 15.4 Å². The van der Waals surface area contributed by atoms with Crippen molar-refractivity contribution in [1.29, 1.82) is 0 Å². The minimum Gasteiger partial charge on any atom is -0.352 e. The molecule has 2 saturated heterocycles. The molecule has 0 radical (unpaired) electrons. The van der Waals surface area contributed by atoms with Gasteiger partial charge < -0.3 is 14.7 Å². The summed E-state index contributed by atoms with van der Waals surface area (Å²) in [6.07, 6.45) is -5.90. The molecule has 2 aliphatic heterocycles. The maximum Gasteiger partial charge on any atom is 0.421 e. The van der Waals surface area contributed by atoms with E-state index in [4.69, 9.17) is 0 Å². The lowest BCUT2D eigenvalue weighted by Gasteiger charge is -2.35. The van der Waals surface area contributed by atoms with Crippen LogP contribution in [0.2, 0.25) is 0 Å². The van der Waals surface area contributed by atoms with Crippen LogP contribution in [0.3, 0.4) is 0 Å². The molecule has 196 valence electrons. The second-order valence-corrected chi connectivity index (χ2v) is 8.63. The number of carbonyl (C=O) groups excluding carboxylic acids is 1. The summed E-state index contributed by atoms with van der Waals surface area (Å²) in [5.41, 5.74) is -3.56. The van der Waals surface area contributed by atoms with Gasteiger partial charge in [-0.25, -0.2) is 15.1 Å². The Morgan fingerprint density at radius 3 is 2.28 bits per heavy atom. The average molecular weight is 519 g/mol. The lowest BCUT2D eigenvalue weighted by atomic mass is 10.1. The molecule has 4 heterocycles. The highest BCUT2D eigenvalue weighted by Gasteiger charge is 2.36. The van der Waals surface area contributed by atoms with Gasteiger partial charge in [0.25, 0.3) is 5.56 Å². The van der Waals surface area contributed by atoms with E-state index in [1.165, 1.54) is 0 Å². The zero-order chi connectivity index (χ0) is 26.1. The number of anilines is 2. The molecule has 36 heavy (non-hydrogen) atoms. The zero-order valence-electron chi connectivity index (χ0n) is 18.9. The molecule has 2 aliphatic rings. The van der Waals surface area contributed by atoms with Crippen molar-refractivity contribution < 1.29 is 31.1 Å². The molecule has 15 heteroatoms. The Labute approximate surface area is 201 Å². The topological polar surface area (TPSA) is 98.3 Å². The third-order valence-corrected chi connectivity index (χ3v) is 6.34. The van der Waals surface area contributed by atoms with Crippen molar-refractivity contribution in [2.24, 2.45) is 0 Å². The van der Waals surface area contributed by atoms with E-state index in [2.05, 4.69) is 15.1 Å². The van der Waals surface area contributed by atoms with Gasteiger partial charge in [-0.3, -0.25) is 9.59 Å². The maximum absolute atomic E-state index is 13.1. The van der Waals surface area contributed by atoms with Gasteiger partial charge in [-0.1, -0.05) is 0 Å². The molecule has 2 aromatic heterocycles. The predicted molar refractivity (Wildman–Crippen MR) is 115 cm³/mol. The summed E-state index contributed by atoms with van der Waals surface area (Å²) >= 11 is 0. The minimum absolute atomic E-state index is 0.0158. The number of hydrogen-bond donors (Lipinski definition) is 1. The first-order valence-corrected chi connectivity index (χ1v) is 11.3. The molecule has 2 aromatic rings. The number of nitrogens with zero attached hydrogens (tertiary/aromatic N) is 6. The molecule has 0 aromatic carbocycles.